The standard InChI is InChI=1S/C28H42O8S2/c1-3-9-21(25(29)30)13-19-37-17-7-15-35-27(33)23-11-5-6-12-24(23)28(34)36-16-8-18-38-20-14-22(10-4-2)26(31)32/h5-6,11-12,21-22H,3-4,7-10,13-20H2,1-2H3,(H,29,30)(H,31,32). The predicted molar refractivity (Wildman–Crippen MR) is 152 cm³/mol. The van der Waals surface area contributed by atoms with Crippen LogP contribution in [0.1, 0.15) is 85.9 Å². The molecule has 0 saturated heterocycles. The molecule has 2 atom stereocenters. The smallest absolute Gasteiger partial charge is 0.339 e. The summed E-state index contributed by atoms with van der Waals surface area (Å²) in [5.74, 6) is -0.244. The Morgan fingerprint density at radius 2 is 1.08 bits per heavy atom. The molecule has 0 amide bonds. The lowest BCUT2D eigenvalue weighted by Gasteiger charge is -2.11. The highest BCUT2D eigenvalue weighted by atomic mass is 32.2. The number of carboxylic acid groups (broad SMARTS) is 2. The molecule has 0 fully saturated rings. The van der Waals surface area contributed by atoms with E-state index in [0.29, 0.717) is 38.5 Å². The van der Waals surface area contributed by atoms with Crippen LogP contribution in [-0.4, -0.2) is 70.3 Å². The van der Waals surface area contributed by atoms with E-state index in [-0.39, 0.29) is 36.2 Å². The van der Waals surface area contributed by atoms with Gasteiger partial charge in [-0.1, -0.05) is 38.8 Å². The molecule has 0 saturated carbocycles. The van der Waals surface area contributed by atoms with Crippen molar-refractivity contribution >= 4 is 47.4 Å². The van der Waals surface area contributed by atoms with Crippen molar-refractivity contribution in [3.05, 3.63) is 35.4 Å². The number of ether oxygens (including phenoxy) is 2. The minimum atomic E-state index is -0.745. The third-order valence-electron chi connectivity index (χ3n) is 5.89. The summed E-state index contributed by atoms with van der Waals surface area (Å²) in [6, 6.07) is 6.41. The summed E-state index contributed by atoms with van der Waals surface area (Å²) in [4.78, 5) is 47.5. The molecule has 0 radical (unpaired) electrons. The summed E-state index contributed by atoms with van der Waals surface area (Å²) in [5, 5.41) is 18.4. The minimum absolute atomic E-state index is 0.166. The van der Waals surface area contributed by atoms with Gasteiger partial charge in [0, 0.05) is 0 Å². The van der Waals surface area contributed by atoms with Gasteiger partial charge in [0.25, 0.3) is 0 Å². The average molecular weight is 571 g/mol. The lowest BCUT2D eigenvalue weighted by atomic mass is 10.0. The Hall–Kier alpha value is -2.20. The molecule has 0 aromatic heterocycles. The van der Waals surface area contributed by atoms with Crippen molar-refractivity contribution in [1.82, 2.24) is 0 Å². The van der Waals surface area contributed by atoms with Crippen molar-refractivity contribution in [3.8, 4) is 0 Å². The van der Waals surface area contributed by atoms with Gasteiger partial charge >= 0.3 is 23.9 Å². The molecule has 0 aliphatic heterocycles. The summed E-state index contributed by atoms with van der Waals surface area (Å²) in [6.07, 6.45) is 5.60. The van der Waals surface area contributed by atoms with Gasteiger partial charge in [0.2, 0.25) is 0 Å². The fourth-order valence-corrected chi connectivity index (χ4v) is 5.74. The van der Waals surface area contributed by atoms with Crippen LogP contribution in [0.2, 0.25) is 0 Å². The van der Waals surface area contributed by atoms with Crippen molar-refractivity contribution < 1.29 is 38.9 Å². The Morgan fingerprint density at radius 3 is 1.42 bits per heavy atom. The molecular formula is C28H42O8S2. The number of benzene rings is 1. The maximum atomic E-state index is 12.5. The summed E-state index contributed by atoms with van der Waals surface area (Å²) >= 11 is 3.29. The van der Waals surface area contributed by atoms with Gasteiger partial charge in [-0.2, -0.15) is 23.5 Å². The number of thioether (sulfide) groups is 2. The summed E-state index contributed by atoms with van der Waals surface area (Å²) < 4.78 is 10.7. The van der Waals surface area contributed by atoms with Crippen LogP contribution < -0.4 is 0 Å². The topological polar surface area (TPSA) is 127 Å². The third kappa shape index (κ3) is 14.1. The van der Waals surface area contributed by atoms with E-state index in [1.807, 2.05) is 13.8 Å². The van der Waals surface area contributed by atoms with Gasteiger partial charge in [0.05, 0.1) is 36.2 Å². The molecular weight excluding hydrogens is 528 g/mol. The van der Waals surface area contributed by atoms with Gasteiger partial charge in [0.15, 0.2) is 0 Å². The summed E-state index contributed by atoms with van der Waals surface area (Å²) in [7, 11) is 0. The van der Waals surface area contributed by atoms with E-state index in [1.165, 1.54) is 0 Å². The van der Waals surface area contributed by atoms with Crippen LogP contribution in [0.3, 0.4) is 0 Å². The van der Waals surface area contributed by atoms with Crippen molar-refractivity contribution in [2.24, 2.45) is 11.8 Å². The zero-order valence-corrected chi connectivity index (χ0v) is 24.2. The van der Waals surface area contributed by atoms with E-state index >= 15 is 0 Å². The third-order valence-corrected chi connectivity index (χ3v) is 8.10. The van der Waals surface area contributed by atoms with Crippen LogP contribution in [0, 0.1) is 11.8 Å². The van der Waals surface area contributed by atoms with Crippen LogP contribution in [0.4, 0.5) is 0 Å². The lowest BCUT2D eigenvalue weighted by Crippen LogP contribution is -2.15. The normalized spacial score (nSPS) is 12.5. The van der Waals surface area contributed by atoms with Gasteiger partial charge in [-0.25, -0.2) is 9.59 Å². The monoisotopic (exact) mass is 570 g/mol. The number of hydrogen-bond acceptors (Lipinski definition) is 8. The number of hydrogen-bond donors (Lipinski definition) is 2. The van der Waals surface area contributed by atoms with Crippen LogP contribution >= 0.6 is 23.5 Å². The largest absolute Gasteiger partial charge is 0.481 e. The lowest BCUT2D eigenvalue weighted by molar-refractivity contribution is -0.143. The number of carboxylic acids is 2. The number of rotatable bonds is 22. The summed E-state index contributed by atoms with van der Waals surface area (Å²) in [5.41, 5.74) is 0.332. The van der Waals surface area contributed by atoms with Crippen molar-refractivity contribution in [2.75, 3.05) is 36.2 Å². The van der Waals surface area contributed by atoms with Gasteiger partial charge in [-0.15, -0.1) is 0 Å². The number of aliphatic carboxylic acids is 2. The predicted octanol–water partition coefficient (Wildman–Crippen LogP) is 6.03. The minimum Gasteiger partial charge on any atom is -0.481 e. The molecule has 1 aromatic rings. The number of carbonyl (C=O) groups excluding carboxylic acids is 2. The van der Waals surface area contributed by atoms with Crippen molar-refractivity contribution in [1.29, 1.82) is 0 Å². The van der Waals surface area contributed by atoms with Crippen LogP contribution in [-0.2, 0) is 19.1 Å². The molecule has 10 heteroatoms. The highest BCUT2D eigenvalue weighted by Gasteiger charge is 2.19. The fraction of sp³-hybridized carbons (Fsp3) is 0.643. The Labute approximate surface area is 234 Å². The van der Waals surface area contributed by atoms with E-state index in [2.05, 4.69) is 0 Å². The van der Waals surface area contributed by atoms with Gasteiger partial charge in [-0.05, 0) is 73.7 Å². The first-order valence-corrected chi connectivity index (χ1v) is 15.7. The Morgan fingerprint density at radius 1 is 0.684 bits per heavy atom. The molecule has 8 nitrogen and oxygen atoms in total. The summed E-state index contributed by atoms with van der Waals surface area (Å²) in [6.45, 7) is 4.38. The van der Waals surface area contributed by atoms with Crippen molar-refractivity contribution in [2.45, 2.75) is 65.2 Å². The number of esters is 2. The zero-order valence-electron chi connectivity index (χ0n) is 22.5. The first-order chi connectivity index (χ1) is 18.3. The molecule has 2 N–H and O–H groups in total. The van der Waals surface area contributed by atoms with Crippen LogP contribution in [0.5, 0.6) is 0 Å². The van der Waals surface area contributed by atoms with E-state index < -0.39 is 23.9 Å². The molecule has 214 valence electrons. The van der Waals surface area contributed by atoms with Crippen LogP contribution in [0.25, 0.3) is 0 Å². The van der Waals surface area contributed by atoms with Crippen LogP contribution in [0.15, 0.2) is 24.3 Å². The fourth-order valence-electron chi connectivity index (χ4n) is 3.78. The first-order valence-electron chi connectivity index (χ1n) is 13.4. The number of carbonyl (C=O) groups is 4. The van der Waals surface area contributed by atoms with E-state index in [4.69, 9.17) is 9.47 Å². The molecule has 0 aliphatic carbocycles. The second kappa shape index (κ2) is 20.7. The maximum absolute atomic E-state index is 12.5. The Kier molecular flexibility index (Phi) is 18.4. The van der Waals surface area contributed by atoms with Crippen molar-refractivity contribution in [3.63, 3.8) is 0 Å². The zero-order chi connectivity index (χ0) is 28.2. The molecule has 38 heavy (non-hydrogen) atoms. The van der Waals surface area contributed by atoms with Gasteiger partial charge in [0.1, 0.15) is 0 Å². The quantitative estimate of drug-likeness (QED) is 0.126. The first kappa shape index (κ1) is 33.8. The highest BCUT2D eigenvalue weighted by Crippen LogP contribution is 2.18. The second-order valence-electron chi connectivity index (χ2n) is 8.97. The molecule has 2 unspecified atom stereocenters. The molecule has 0 spiro atoms. The molecule has 0 aliphatic rings. The van der Waals surface area contributed by atoms with E-state index in [1.54, 1.807) is 47.8 Å². The Balaban J connectivity index is 2.31. The highest BCUT2D eigenvalue weighted by molar-refractivity contribution is 7.99. The van der Waals surface area contributed by atoms with Gasteiger partial charge in [-0.3, -0.25) is 9.59 Å². The average Bonchev–Trinajstić information content (AvgIpc) is 2.90. The van der Waals surface area contributed by atoms with E-state index in [0.717, 1.165) is 35.9 Å². The Bertz CT molecular complexity index is 792. The maximum Gasteiger partial charge on any atom is 0.339 e. The molecule has 1 rings (SSSR count). The molecule has 1 aromatic carbocycles. The molecule has 0 bridgehead atoms. The van der Waals surface area contributed by atoms with Gasteiger partial charge < -0.3 is 19.7 Å². The SMILES string of the molecule is CCCC(CCSCCCOC(=O)c1ccccc1C(=O)OCCCSCCC(CCC)C(=O)O)C(=O)O. The molecule has 0 heterocycles. The van der Waals surface area contributed by atoms with E-state index in [9.17, 15) is 29.4 Å². The second-order valence-corrected chi connectivity index (χ2v) is 11.4.